The summed E-state index contributed by atoms with van der Waals surface area (Å²) in [5, 5.41) is 5.66. The van der Waals surface area contributed by atoms with E-state index in [2.05, 4.69) is 21.2 Å². The van der Waals surface area contributed by atoms with Crippen LogP contribution >= 0.6 is 27.5 Å². The first-order valence-corrected chi connectivity index (χ1v) is 8.96. The minimum Gasteiger partial charge on any atom is -0.496 e. The van der Waals surface area contributed by atoms with E-state index in [0.717, 1.165) is 32.1 Å². The maximum Gasteiger partial charge on any atom is 0.228 e. The van der Waals surface area contributed by atoms with Crippen LogP contribution in [0.1, 0.15) is 11.1 Å². The van der Waals surface area contributed by atoms with Crippen LogP contribution in [-0.4, -0.2) is 13.0 Å². The summed E-state index contributed by atoms with van der Waals surface area (Å²) in [4.78, 5) is 12.6. The highest BCUT2D eigenvalue weighted by Crippen LogP contribution is 2.31. The number of aryl methyl sites for hydroxylation is 1. The van der Waals surface area contributed by atoms with E-state index >= 15 is 0 Å². The van der Waals surface area contributed by atoms with Gasteiger partial charge in [0.1, 0.15) is 5.75 Å². The van der Waals surface area contributed by atoms with Gasteiger partial charge in [-0.05, 0) is 59.7 Å². The Balaban J connectivity index is 1.92. The Morgan fingerprint density at radius 2 is 1.96 bits per heavy atom. The Kier molecular flexibility index (Phi) is 5.30. The molecule has 0 saturated carbocycles. The summed E-state index contributed by atoms with van der Waals surface area (Å²) >= 11 is 9.45. The third-order valence-corrected chi connectivity index (χ3v) is 4.80. The van der Waals surface area contributed by atoms with Crippen LogP contribution in [0.3, 0.4) is 0 Å². The molecule has 25 heavy (non-hydrogen) atoms. The highest BCUT2D eigenvalue weighted by molar-refractivity contribution is 9.10. The molecule has 128 valence electrons. The number of anilines is 1. The second-order valence-electron chi connectivity index (χ2n) is 5.80. The van der Waals surface area contributed by atoms with Crippen molar-refractivity contribution in [3.63, 3.8) is 0 Å². The number of carbonyl (C=O) groups excluding carboxylic acids is 1. The molecule has 3 aromatic carbocycles. The Bertz CT molecular complexity index is 956. The predicted octanol–water partition coefficient (Wildman–Crippen LogP) is 5.75. The highest BCUT2D eigenvalue weighted by atomic mass is 79.9. The van der Waals surface area contributed by atoms with E-state index in [1.165, 1.54) is 0 Å². The fourth-order valence-electron chi connectivity index (χ4n) is 2.84. The largest absolute Gasteiger partial charge is 0.496 e. The second-order valence-corrected chi connectivity index (χ2v) is 7.15. The van der Waals surface area contributed by atoms with Crippen molar-refractivity contribution in [1.29, 1.82) is 0 Å². The monoisotopic (exact) mass is 417 g/mol. The molecule has 0 heterocycles. The van der Waals surface area contributed by atoms with Gasteiger partial charge in [0.15, 0.2) is 0 Å². The van der Waals surface area contributed by atoms with Gasteiger partial charge in [-0.25, -0.2) is 0 Å². The third-order valence-electron chi connectivity index (χ3n) is 4.07. The van der Waals surface area contributed by atoms with Gasteiger partial charge >= 0.3 is 0 Å². The first kappa shape index (κ1) is 17.8. The molecule has 5 heteroatoms. The van der Waals surface area contributed by atoms with Gasteiger partial charge in [-0.15, -0.1) is 0 Å². The van der Waals surface area contributed by atoms with Crippen LogP contribution in [0.4, 0.5) is 5.69 Å². The normalized spacial score (nSPS) is 10.7. The number of hydrogen-bond donors (Lipinski definition) is 1. The molecule has 3 nitrogen and oxygen atoms in total. The number of benzene rings is 3. The Hall–Kier alpha value is -2.04. The highest BCUT2D eigenvalue weighted by Gasteiger charge is 2.14. The molecule has 0 saturated heterocycles. The fraction of sp³-hybridized carbons (Fsp3) is 0.150. The average Bonchev–Trinajstić information content (AvgIpc) is 2.57. The van der Waals surface area contributed by atoms with E-state index in [1.807, 2.05) is 49.4 Å². The zero-order valence-electron chi connectivity index (χ0n) is 13.9. The van der Waals surface area contributed by atoms with Gasteiger partial charge in [-0.1, -0.05) is 39.7 Å². The second kappa shape index (κ2) is 7.46. The molecule has 0 spiro atoms. The molecule has 3 rings (SSSR count). The van der Waals surface area contributed by atoms with Crippen LogP contribution in [0.5, 0.6) is 5.75 Å². The number of rotatable bonds is 4. The molecule has 0 bridgehead atoms. The van der Waals surface area contributed by atoms with Crippen molar-refractivity contribution in [2.75, 3.05) is 12.4 Å². The van der Waals surface area contributed by atoms with Crippen molar-refractivity contribution in [2.45, 2.75) is 13.3 Å². The van der Waals surface area contributed by atoms with Crippen LogP contribution < -0.4 is 10.1 Å². The van der Waals surface area contributed by atoms with Crippen LogP contribution in [-0.2, 0) is 11.2 Å². The zero-order chi connectivity index (χ0) is 18.0. The number of amides is 1. The molecular weight excluding hydrogens is 402 g/mol. The van der Waals surface area contributed by atoms with Crippen molar-refractivity contribution in [1.82, 2.24) is 0 Å². The van der Waals surface area contributed by atoms with Crippen LogP contribution in [0.2, 0.25) is 5.02 Å². The van der Waals surface area contributed by atoms with Crippen molar-refractivity contribution in [3.8, 4) is 5.75 Å². The number of ether oxygens (including phenoxy) is 1. The molecule has 1 amide bonds. The van der Waals surface area contributed by atoms with Gasteiger partial charge in [0.2, 0.25) is 5.91 Å². The van der Waals surface area contributed by atoms with Gasteiger partial charge in [0.25, 0.3) is 0 Å². The topological polar surface area (TPSA) is 38.3 Å². The van der Waals surface area contributed by atoms with E-state index in [-0.39, 0.29) is 12.3 Å². The molecule has 0 aliphatic rings. The van der Waals surface area contributed by atoms with E-state index in [0.29, 0.717) is 10.8 Å². The Labute approximate surface area is 160 Å². The molecule has 0 atom stereocenters. The summed E-state index contributed by atoms with van der Waals surface area (Å²) in [6, 6.07) is 15.3. The molecular formula is C20H17BrClNO2. The number of nitrogens with one attached hydrogen (secondary N) is 1. The lowest BCUT2D eigenvalue weighted by Gasteiger charge is -2.13. The van der Waals surface area contributed by atoms with Crippen molar-refractivity contribution in [2.24, 2.45) is 0 Å². The van der Waals surface area contributed by atoms with Gasteiger partial charge in [-0.2, -0.15) is 0 Å². The standard InChI is InChI=1S/C20H17BrClNO2/c1-12-9-15(22)5-7-18(12)23-20(24)11-17-16-6-4-14(21)10-13(16)3-8-19(17)25-2/h3-10H,11H2,1-2H3,(H,23,24). The van der Waals surface area contributed by atoms with E-state index in [4.69, 9.17) is 16.3 Å². The van der Waals surface area contributed by atoms with Gasteiger partial charge in [-0.3, -0.25) is 4.79 Å². The third kappa shape index (κ3) is 3.97. The fourth-order valence-corrected chi connectivity index (χ4v) is 3.45. The molecule has 0 fully saturated rings. The van der Waals surface area contributed by atoms with Crippen LogP contribution in [0.25, 0.3) is 10.8 Å². The van der Waals surface area contributed by atoms with E-state index in [9.17, 15) is 4.79 Å². The zero-order valence-corrected chi connectivity index (χ0v) is 16.2. The van der Waals surface area contributed by atoms with Crippen molar-refractivity contribution in [3.05, 3.63) is 69.2 Å². The minimum absolute atomic E-state index is 0.0980. The van der Waals surface area contributed by atoms with E-state index in [1.54, 1.807) is 13.2 Å². The molecule has 0 aromatic heterocycles. The van der Waals surface area contributed by atoms with Crippen molar-refractivity contribution < 1.29 is 9.53 Å². The number of hydrogen-bond acceptors (Lipinski definition) is 2. The number of fused-ring (bicyclic) bond motifs is 1. The van der Waals surface area contributed by atoms with Gasteiger partial charge in [0, 0.05) is 20.7 Å². The molecule has 3 aromatic rings. The SMILES string of the molecule is COc1ccc2cc(Br)ccc2c1CC(=O)Nc1ccc(Cl)cc1C. The van der Waals surface area contributed by atoms with Gasteiger partial charge < -0.3 is 10.1 Å². The minimum atomic E-state index is -0.0980. The Morgan fingerprint density at radius 3 is 2.68 bits per heavy atom. The van der Waals surface area contributed by atoms with Crippen LogP contribution in [0.15, 0.2) is 53.0 Å². The number of halogens is 2. The summed E-state index contributed by atoms with van der Waals surface area (Å²) in [7, 11) is 1.62. The maximum atomic E-state index is 12.6. The first-order chi connectivity index (χ1) is 12.0. The maximum absolute atomic E-state index is 12.6. The van der Waals surface area contributed by atoms with E-state index < -0.39 is 0 Å². The average molecular weight is 419 g/mol. The number of carbonyl (C=O) groups is 1. The molecule has 0 radical (unpaired) electrons. The summed E-state index contributed by atoms with van der Waals surface area (Å²) in [5.41, 5.74) is 2.56. The molecule has 0 unspecified atom stereocenters. The van der Waals surface area contributed by atoms with Crippen LogP contribution in [0, 0.1) is 6.92 Å². The summed E-state index contributed by atoms with van der Waals surface area (Å²) in [6.07, 6.45) is 0.226. The smallest absolute Gasteiger partial charge is 0.228 e. The van der Waals surface area contributed by atoms with Crippen molar-refractivity contribution >= 4 is 49.9 Å². The summed E-state index contributed by atoms with van der Waals surface area (Å²) < 4.78 is 6.46. The lowest BCUT2D eigenvalue weighted by molar-refractivity contribution is -0.115. The number of methoxy groups -OCH3 is 1. The summed E-state index contributed by atoms with van der Waals surface area (Å²) in [5.74, 6) is 0.608. The van der Waals surface area contributed by atoms with Gasteiger partial charge in [0.05, 0.1) is 13.5 Å². The summed E-state index contributed by atoms with van der Waals surface area (Å²) in [6.45, 7) is 1.91. The first-order valence-electron chi connectivity index (χ1n) is 7.79. The molecule has 1 N–H and O–H groups in total. The molecule has 0 aliphatic heterocycles. The lowest BCUT2D eigenvalue weighted by Crippen LogP contribution is -2.16. The quantitative estimate of drug-likeness (QED) is 0.585. The molecule has 0 aliphatic carbocycles. The predicted molar refractivity (Wildman–Crippen MR) is 107 cm³/mol. The lowest BCUT2D eigenvalue weighted by atomic mass is 10.0. The Morgan fingerprint density at radius 1 is 1.16 bits per heavy atom.